The molecule has 0 unspecified atom stereocenters. The van der Waals surface area contributed by atoms with Gasteiger partial charge in [0.2, 0.25) is 0 Å². The fourth-order valence-corrected chi connectivity index (χ4v) is 3.14. The van der Waals surface area contributed by atoms with E-state index in [1.54, 1.807) is 18.3 Å². The molecule has 2 aromatic rings. The van der Waals surface area contributed by atoms with Crippen molar-refractivity contribution in [2.45, 2.75) is 30.2 Å². The smallest absolute Gasteiger partial charge is 0.254 e. The number of thioether (sulfide) groups is 1. The van der Waals surface area contributed by atoms with Crippen LogP contribution in [0.25, 0.3) is 0 Å². The van der Waals surface area contributed by atoms with Crippen LogP contribution in [0.2, 0.25) is 0 Å². The molecule has 8 heteroatoms. The Labute approximate surface area is 144 Å². The number of carbonyl (C=O) groups is 1. The van der Waals surface area contributed by atoms with Crippen LogP contribution in [-0.4, -0.2) is 42.1 Å². The van der Waals surface area contributed by atoms with Crippen LogP contribution in [0.5, 0.6) is 0 Å². The maximum Gasteiger partial charge on any atom is 0.254 e. The molecule has 0 spiro atoms. The van der Waals surface area contributed by atoms with E-state index >= 15 is 0 Å². The first-order valence-corrected chi connectivity index (χ1v) is 8.68. The van der Waals surface area contributed by atoms with Crippen molar-refractivity contribution in [3.05, 3.63) is 41.4 Å². The van der Waals surface area contributed by atoms with Crippen LogP contribution >= 0.6 is 11.8 Å². The molecule has 7 nitrogen and oxygen atoms in total. The first-order chi connectivity index (χ1) is 11.7. The lowest BCUT2D eigenvalue weighted by atomic mass is 10.2. The predicted octanol–water partition coefficient (Wildman–Crippen LogP) is 2.16. The van der Waals surface area contributed by atoms with Gasteiger partial charge in [0.1, 0.15) is 17.6 Å². The third-order valence-corrected chi connectivity index (χ3v) is 4.55. The number of amides is 1. The molecule has 1 atom stereocenters. The summed E-state index contributed by atoms with van der Waals surface area (Å²) >= 11 is 1.46. The van der Waals surface area contributed by atoms with Crippen molar-refractivity contribution >= 4 is 17.7 Å². The van der Waals surface area contributed by atoms with Crippen LogP contribution in [-0.2, 0) is 15.2 Å². The molecule has 1 saturated heterocycles. The number of nitrogens with one attached hydrogen (secondary N) is 1. The van der Waals surface area contributed by atoms with Gasteiger partial charge >= 0.3 is 0 Å². The zero-order valence-electron chi connectivity index (χ0n) is 13.4. The van der Waals surface area contributed by atoms with E-state index in [1.165, 1.54) is 11.8 Å². The van der Waals surface area contributed by atoms with E-state index in [2.05, 4.69) is 15.5 Å². The van der Waals surface area contributed by atoms with Crippen LogP contribution in [0, 0.1) is 6.92 Å². The molecule has 3 heterocycles. The molecular formula is C16H19N3O4S. The van der Waals surface area contributed by atoms with Gasteiger partial charge in [-0.25, -0.2) is 4.98 Å². The molecule has 2 aromatic heterocycles. The maximum absolute atomic E-state index is 12.4. The lowest BCUT2D eigenvalue weighted by molar-refractivity contribution is -0.136. The fourth-order valence-electron chi connectivity index (χ4n) is 2.27. The largest absolute Gasteiger partial charge is 0.361 e. The van der Waals surface area contributed by atoms with Crippen molar-refractivity contribution < 1.29 is 18.8 Å². The number of pyridine rings is 1. The maximum atomic E-state index is 12.4. The minimum Gasteiger partial charge on any atom is -0.361 e. The summed E-state index contributed by atoms with van der Waals surface area (Å²) < 4.78 is 15.6. The van der Waals surface area contributed by atoms with Crippen molar-refractivity contribution in [1.29, 1.82) is 0 Å². The molecular weight excluding hydrogens is 330 g/mol. The summed E-state index contributed by atoms with van der Waals surface area (Å²) in [5.74, 6) is 1.20. The molecule has 0 radical (unpaired) electrons. The van der Waals surface area contributed by atoms with Gasteiger partial charge < -0.3 is 19.3 Å². The third kappa shape index (κ3) is 4.56. The summed E-state index contributed by atoms with van der Waals surface area (Å²) in [5.41, 5.74) is 1.37. The van der Waals surface area contributed by atoms with E-state index in [-0.39, 0.29) is 18.8 Å². The van der Waals surface area contributed by atoms with Gasteiger partial charge in [0.15, 0.2) is 0 Å². The Morgan fingerprint density at radius 1 is 1.50 bits per heavy atom. The monoisotopic (exact) mass is 349 g/mol. The Morgan fingerprint density at radius 3 is 3.17 bits per heavy atom. The van der Waals surface area contributed by atoms with Crippen LogP contribution in [0.1, 0.15) is 28.2 Å². The summed E-state index contributed by atoms with van der Waals surface area (Å²) in [5, 5.41) is 7.52. The van der Waals surface area contributed by atoms with Crippen LogP contribution < -0.4 is 5.32 Å². The number of nitrogens with zero attached hydrogens (tertiary/aromatic N) is 2. The van der Waals surface area contributed by atoms with Crippen LogP contribution in [0.4, 0.5) is 0 Å². The number of hydrogen-bond acceptors (Lipinski definition) is 7. The Kier molecular flexibility index (Phi) is 5.84. The van der Waals surface area contributed by atoms with Gasteiger partial charge in [0.25, 0.3) is 5.91 Å². The predicted molar refractivity (Wildman–Crippen MR) is 87.7 cm³/mol. The first kappa shape index (κ1) is 16.9. The summed E-state index contributed by atoms with van der Waals surface area (Å²) in [7, 11) is 0. The molecule has 0 aliphatic carbocycles. The number of aryl methyl sites for hydroxylation is 1. The van der Waals surface area contributed by atoms with Crippen molar-refractivity contribution in [2.24, 2.45) is 0 Å². The first-order valence-electron chi connectivity index (χ1n) is 7.70. The van der Waals surface area contributed by atoms with Gasteiger partial charge in [0.05, 0.1) is 24.0 Å². The van der Waals surface area contributed by atoms with E-state index in [0.29, 0.717) is 29.5 Å². The third-order valence-electron chi connectivity index (χ3n) is 3.51. The molecule has 1 fully saturated rings. The summed E-state index contributed by atoms with van der Waals surface area (Å²) in [6.45, 7) is 3.25. The average molecular weight is 349 g/mol. The Morgan fingerprint density at radius 2 is 2.42 bits per heavy atom. The topological polar surface area (TPSA) is 86.5 Å². The van der Waals surface area contributed by atoms with E-state index in [1.807, 2.05) is 13.0 Å². The molecule has 0 saturated carbocycles. The van der Waals surface area contributed by atoms with Gasteiger partial charge in [0, 0.05) is 24.6 Å². The second kappa shape index (κ2) is 8.27. The quantitative estimate of drug-likeness (QED) is 0.800. The van der Waals surface area contributed by atoms with Gasteiger partial charge in [-0.3, -0.25) is 4.79 Å². The van der Waals surface area contributed by atoms with Gasteiger partial charge in [-0.1, -0.05) is 16.9 Å². The molecule has 0 aromatic carbocycles. The van der Waals surface area contributed by atoms with Gasteiger partial charge in [-0.2, -0.15) is 0 Å². The Bertz CT molecular complexity index is 685. The zero-order chi connectivity index (χ0) is 16.8. The molecule has 1 aliphatic heterocycles. The van der Waals surface area contributed by atoms with Crippen LogP contribution in [0.3, 0.4) is 0 Å². The minimum absolute atomic E-state index is 0.00594. The van der Waals surface area contributed by atoms with E-state index in [4.69, 9.17) is 14.0 Å². The number of carbonyl (C=O) groups excluding carboxylic acids is 1. The summed E-state index contributed by atoms with van der Waals surface area (Å²) in [4.78, 5) is 16.7. The van der Waals surface area contributed by atoms with Crippen molar-refractivity contribution in [3.63, 3.8) is 0 Å². The summed E-state index contributed by atoms with van der Waals surface area (Å²) in [6.07, 6.45) is 2.45. The highest BCUT2D eigenvalue weighted by Gasteiger charge is 2.18. The Balaban J connectivity index is 1.58. The number of hydrogen-bond donors (Lipinski definition) is 1. The highest BCUT2D eigenvalue weighted by atomic mass is 32.2. The molecule has 24 heavy (non-hydrogen) atoms. The number of ether oxygens (including phenoxy) is 2. The van der Waals surface area contributed by atoms with E-state index in [9.17, 15) is 4.79 Å². The number of aromatic nitrogens is 2. The SMILES string of the molecule is Cc1cc(CSc2ncccc2C(=O)NC[C@@H]2CCOCO2)no1. The van der Waals surface area contributed by atoms with Crippen molar-refractivity contribution in [1.82, 2.24) is 15.5 Å². The van der Waals surface area contributed by atoms with Crippen molar-refractivity contribution in [2.75, 3.05) is 19.9 Å². The normalized spacial score (nSPS) is 17.6. The van der Waals surface area contributed by atoms with Crippen LogP contribution in [0.15, 0.2) is 33.9 Å². The second-order valence-corrected chi connectivity index (χ2v) is 6.35. The molecule has 1 amide bonds. The highest BCUT2D eigenvalue weighted by molar-refractivity contribution is 7.98. The van der Waals surface area contributed by atoms with E-state index in [0.717, 1.165) is 17.9 Å². The second-order valence-electron chi connectivity index (χ2n) is 5.39. The molecule has 1 N–H and O–H groups in total. The molecule has 128 valence electrons. The molecule has 3 rings (SSSR count). The standard InChI is InChI=1S/C16H19N3O4S/c1-11-7-12(19-23-11)9-24-16-14(3-2-5-17-16)15(20)18-8-13-4-6-21-10-22-13/h2-3,5,7,13H,4,6,8-10H2,1H3,(H,18,20)/t13-/m0/s1. The molecule has 1 aliphatic rings. The van der Waals surface area contributed by atoms with Crippen molar-refractivity contribution in [3.8, 4) is 0 Å². The molecule has 0 bridgehead atoms. The fraction of sp³-hybridized carbons (Fsp3) is 0.438. The lowest BCUT2D eigenvalue weighted by Crippen LogP contribution is -2.37. The highest BCUT2D eigenvalue weighted by Crippen LogP contribution is 2.24. The summed E-state index contributed by atoms with van der Waals surface area (Å²) in [6, 6.07) is 5.39. The zero-order valence-corrected chi connectivity index (χ0v) is 14.2. The van der Waals surface area contributed by atoms with Gasteiger partial charge in [-0.15, -0.1) is 0 Å². The lowest BCUT2D eigenvalue weighted by Gasteiger charge is -2.23. The Hall–Kier alpha value is -1.90. The number of rotatable bonds is 6. The van der Waals surface area contributed by atoms with E-state index < -0.39 is 0 Å². The average Bonchev–Trinajstić information content (AvgIpc) is 3.04. The van der Waals surface area contributed by atoms with Gasteiger partial charge in [-0.05, 0) is 25.5 Å². The minimum atomic E-state index is -0.156.